The number of pyridine rings is 4. The highest BCUT2D eigenvalue weighted by Gasteiger charge is 2.39. The summed E-state index contributed by atoms with van der Waals surface area (Å²) in [5, 5.41) is 8.43. The third-order valence-electron chi connectivity index (χ3n) is 19.4. The van der Waals surface area contributed by atoms with E-state index in [1.54, 1.807) is 0 Å². The molecule has 8 aromatic carbocycles. The van der Waals surface area contributed by atoms with E-state index in [0.29, 0.717) is 40.6 Å². The zero-order valence-electron chi connectivity index (χ0n) is 50.8. The standard InChI is InChI=1S/C78H64N10/c1-75(2)31-33-77(5,6)62-41-56(25-28-60(62)75)71-83-69(54-23-15-45-12-9-10-13-48(45)37-54)85-73(86-71)59-40-53-22-21-52-39-58(43-80-66(52)67(53)81-44-59)51-19-18-50-38-55(24-20-49(50)36-51)70-84-72(57-26-29-61-63(42-57)78(7,8)34-32-76(61,3)4)88-74(87-70)64-30-27-47-17-16-46-14-11-35-79-65(46)68(47)82-64/h9-30,35-44H,31-34H2,1-8H3. The van der Waals surface area contributed by atoms with Gasteiger partial charge in [0, 0.05) is 73.5 Å². The van der Waals surface area contributed by atoms with Gasteiger partial charge in [0.15, 0.2) is 34.9 Å². The highest BCUT2D eigenvalue weighted by Crippen LogP contribution is 2.49. The number of aromatic nitrogens is 10. The van der Waals surface area contributed by atoms with Gasteiger partial charge in [-0.15, -0.1) is 0 Å². The number of rotatable bonds is 7. The lowest BCUT2D eigenvalue weighted by Crippen LogP contribution is -2.33. The van der Waals surface area contributed by atoms with Crippen LogP contribution in [0.3, 0.4) is 0 Å². The molecule has 10 heteroatoms. The molecule has 0 spiro atoms. The molecule has 0 amide bonds. The van der Waals surface area contributed by atoms with Crippen LogP contribution in [0.1, 0.15) is 103 Å². The highest BCUT2D eigenvalue weighted by molar-refractivity contribution is 6.05. The van der Waals surface area contributed by atoms with E-state index in [-0.39, 0.29) is 21.7 Å². The minimum Gasteiger partial charge on any atom is -0.254 e. The lowest BCUT2D eigenvalue weighted by molar-refractivity contribution is 0.332. The molecule has 10 nitrogen and oxygen atoms in total. The predicted octanol–water partition coefficient (Wildman–Crippen LogP) is 18.9. The third kappa shape index (κ3) is 9.15. The smallest absolute Gasteiger partial charge is 0.182 e. The summed E-state index contributed by atoms with van der Waals surface area (Å²) in [6.45, 7) is 18.8. The summed E-state index contributed by atoms with van der Waals surface area (Å²) in [5.74, 6) is 3.52. The van der Waals surface area contributed by atoms with Gasteiger partial charge in [-0.05, 0) is 151 Å². The molecule has 0 unspecified atom stereocenters. The van der Waals surface area contributed by atoms with Crippen LogP contribution in [-0.4, -0.2) is 49.8 Å². The normalized spacial score (nSPS) is 15.7. The van der Waals surface area contributed by atoms with Gasteiger partial charge in [0.2, 0.25) is 0 Å². The number of benzene rings is 8. The maximum absolute atomic E-state index is 5.26. The second-order valence-electron chi connectivity index (χ2n) is 27.1. The van der Waals surface area contributed by atoms with Crippen molar-refractivity contribution in [3.63, 3.8) is 0 Å². The molecule has 0 saturated carbocycles. The first-order valence-corrected chi connectivity index (χ1v) is 30.7. The Morgan fingerprint density at radius 1 is 0.250 bits per heavy atom. The van der Waals surface area contributed by atoms with E-state index in [1.165, 1.54) is 27.6 Å². The summed E-state index contributed by atoms with van der Waals surface area (Å²) in [5.41, 5.74) is 16.3. The summed E-state index contributed by atoms with van der Waals surface area (Å²) in [6, 6.07) is 62.3. The van der Waals surface area contributed by atoms with Crippen LogP contribution < -0.4 is 0 Å². The molecule has 0 radical (unpaired) electrons. The topological polar surface area (TPSA) is 129 Å². The van der Waals surface area contributed by atoms with Crippen LogP contribution in [0, 0.1) is 0 Å². The van der Waals surface area contributed by atoms with E-state index in [2.05, 4.69) is 219 Å². The van der Waals surface area contributed by atoms with Crippen molar-refractivity contribution < 1.29 is 0 Å². The van der Waals surface area contributed by atoms with Crippen LogP contribution in [0.15, 0.2) is 195 Å². The molecule has 0 saturated heterocycles. The van der Waals surface area contributed by atoms with Gasteiger partial charge in [-0.3, -0.25) is 15.0 Å². The molecule has 0 bridgehead atoms. The van der Waals surface area contributed by atoms with Gasteiger partial charge in [-0.2, -0.15) is 0 Å². The largest absolute Gasteiger partial charge is 0.254 e. The predicted molar refractivity (Wildman–Crippen MR) is 358 cm³/mol. The Morgan fingerprint density at radius 2 is 0.614 bits per heavy atom. The van der Waals surface area contributed by atoms with Crippen LogP contribution in [0.25, 0.3) is 145 Å². The zero-order chi connectivity index (χ0) is 59.8. The molecule has 2 aliphatic carbocycles. The van der Waals surface area contributed by atoms with Gasteiger partial charge in [0.05, 0.1) is 22.1 Å². The van der Waals surface area contributed by atoms with Crippen LogP contribution in [0.4, 0.5) is 0 Å². The van der Waals surface area contributed by atoms with Crippen LogP contribution in [-0.2, 0) is 21.7 Å². The minimum absolute atomic E-state index is 0.0123. The zero-order valence-corrected chi connectivity index (χ0v) is 50.8. The maximum atomic E-state index is 5.26. The minimum atomic E-state index is 0.0123. The quantitative estimate of drug-likeness (QED) is 0.142. The summed E-state index contributed by atoms with van der Waals surface area (Å²) >= 11 is 0. The van der Waals surface area contributed by atoms with Crippen molar-refractivity contribution in [1.29, 1.82) is 0 Å². The molecule has 0 atom stereocenters. The highest BCUT2D eigenvalue weighted by atomic mass is 15.1. The Labute approximate surface area is 511 Å². The van der Waals surface area contributed by atoms with E-state index >= 15 is 0 Å². The number of hydrogen-bond donors (Lipinski definition) is 0. The number of hydrogen-bond acceptors (Lipinski definition) is 10. The first-order valence-electron chi connectivity index (χ1n) is 30.7. The monoisotopic (exact) mass is 1140 g/mol. The van der Waals surface area contributed by atoms with Crippen molar-refractivity contribution >= 4 is 65.2 Å². The lowest BCUT2D eigenvalue weighted by atomic mass is 9.63. The average Bonchev–Trinajstić information content (AvgIpc) is 1.08. The first-order chi connectivity index (χ1) is 42.5. The maximum Gasteiger partial charge on any atom is 0.182 e. The fourth-order valence-electron chi connectivity index (χ4n) is 13.8. The number of nitrogens with zero attached hydrogens (tertiary/aromatic N) is 10. The van der Waals surface area contributed by atoms with Crippen LogP contribution in [0.5, 0.6) is 0 Å². The van der Waals surface area contributed by atoms with Gasteiger partial charge in [0.25, 0.3) is 0 Å². The van der Waals surface area contributed by atoms with Gasteiger partial charge in [-0.25, -0.2) is 34.9 Å². The molecular weight excluding hydrogens is 1080 g/mol. The van der Waals surface area contributed by atoms with Crippen LogP contribution >= 0.6 is 0 Å². The molecule has 14 aromatic rings. The SMILES string of the molecule is CC1(C)CCC(C)(C)c2cc(-c3nc(-c4ccc5ccccc5c4)nc(-c4cnc5c(ccc6cc(-c7ccc8cc(-c9nc(-c%10ccc%11c(c%10)C(C)(C)CCC%11(C)C)nc(-c%10ccc%11ccc%12cccnc%12c%11n%10)n9)ccc8c7)cnc65)c4)n3)ccc21. The van der Waals surface area contributed by atoms with E-state index in [0.717, 1.165) is 124 Å². The summed E-state index contributed by atoms with van der Waals surface area (Å²) in [7, 11) is 0. The lowest BCUT2D eigenvalue weighted by Gasteiger charge is -2.42. The van der Waals surface area contributed by atoms with Gasteiger partial charge >= 0.3 is 0 Å². The van der Waals surface area contributed by atoms with Crippen molar-refractivity contribution in [2.24, 2.45) is 0 Å². The summed E-state index contributed by atoms with van der Waals surface area (Å²) in [6.07, 6.45) is 10.2. The van der Waals surface area contributed by atoms with Crippen molar-refractivity contribution in [2.75, 3.05) is 0 Å². The fraction of sp³-hybridized carbons (Fsp3) is 0.205. The van der Waals surface area contributed by atoms with Crippen molar-refractivity contribution in [2.45, 2.75) is 103 Å². The molecular formula is C78H64N10. The van der Waals surface area contributed by atoms with E-state index in [1.807, 2.05) is 30.7 Å². The summed E-state index contributed by atoms with van der Waals surface area (Å²) < 4.78 is 0. The van der Waals surface area contributed by atoms with E-state index < -0.39 is 0 Å². The van der Waals surface area contributed by atoms with Gasteiger partial charge in [-0.1, -0.05) is 177 Å². The number of fused-ring (bicyclic) bond motifs is 10. The Balaban J connectivity index is 0.739. The molecule has 0 aliphatic heterocycles. The second-order valence-corrected chi connectivity index (χ2v) is 27.1. The molecule has 6 aromatic heterocycles. The fourth-order valence-corrected chi connectivity index (χ4v) is 13.8. The Kier molecular flexibility index (Phi) is 12.0. The van der Waals surface area contributed by atoms with E-state index in [4.69, 9.17) is 49.8 Å². The molecule has 2 aliphatic rings. The first kappa shape index (κ1) is 53.4. The summed E-state index contributed by atoms with van der Waals surface area (Å²) in [4.78, 5) is 51.4. The molecule has 6 heterocycles. The van der Waals surface area contributed by atoms with Gasteiger partial charge < -0.3 is 0 Å². The Hall–Kier alpha value is -10.1. The van der Waals surface area contributed by atoms with Crippen molar-refractivity contribution in [1.82, 2.24) is 49.8 Å². The Morgan fingerprint density at radius 3 is 1.19 bits per heavy atom. The van der Waals surface area contributed by atoms with Crippen LogP contribution in [0.2, 0.25) is 0 Å². The average molecular weight is 1140 g/mol. The molecule has 0 fully saturated rings. The molecule has 426 valence electrons. The molecule has 16 rings (SSSR count). The van der Waals surface area contributed by atoms with Gasteiger partial charge in [0.1, 0.15) is 5.69 Å². The second kappa shape index (κ2) is 19.7. The van der Waals surface area contributed by atoms with E-state index in [9.17, 15) is 0 Å². The molecule has 0 N–H and O–H groups in total. The Bertz CT molecular complexity index is 5250. The molecule has 88 heavy (non-hydrogen) atoms. The van der Waals surface area contributed by atoms with Crippen molar-refractivity contribution in [3.05, 3.63) is 217 Å². The third-order valence-corrected chi connectivity index (χ3v) is 19.4. The van der Waals surface area contributed by atoms with Crippen molar-refractivity contribution in [3.8, 4) is 79.6 Å².